The Kier molecular flexibility index (Phi) is 6.32. The summed E-state index contributed by atoms with van der Waals surface area (Å²) in [6.45, 7) is 3.98. The van der Waals surface area contributed by atoms with Gasteiger partial charge >= 0.3 is 0 Å². The van der Waals surface area contributed by atoms with Crippen LogP contribution in [0.15, 0.2) is 24.3 Å². The molecule has 3 rings (SSSR count). The maximum atomic E-state index is 12.0. The molecule has 2 aliphatic rings. The Morgan fingerprint density at radius 2 is 1.96 bits per heavy atom. The molecule has 0 radical (unpaired) electrons. The van der Waals surface area contributed by atoms with Crippen LogP contribution in [0.25, 0.3) is 0 Å². The van der Waals surface area contributed by atoms with Crippen molar-refractivity contribution in [2.45, 2.75) is 32.6 Å². The number of rotatable bonds is 8. The third-order valence-electron chi connectivity index (χ3n) is 5.04. The number of amides is 3. The summed E-state index contributed by atoms with van der Waals surface area (Å²) in [5.74, 6) is 0.959. The first-order chi connectivity index (χ1) is 13.0. The van der Waals surface area contributed by atoms with Gasteiger partial charge in [0.1, 0.15) is 5.75 Å². The smallest absolute Gasteiger partial charge is 0.260 e. The second kappa shape index (κ2) is 8.88. The summed E-state index contributed by atoms with van der Waals surface area (Å²) >= 11 is 0. The van der Waals surface area contributed by atoms with Crippen LogP contribution in [0.1, 0.15) is 32.6 Å². The molecule has 2 atom stereocenters. The van der Waals surface area contributed by atoms with Crippen LogP contribution in [0.3, 0.4) is 0 Å². The van der Waals surface area contributed by atoms with Gasteiger partial charge < -0.3 is 20.3 Å². The summed E-state index contributed by atoms with van der Waals surface area (Å²) < 4.78 is 5.56. The molecular weight excluding hydrogens is 346 g/mol. The maximum absolute atomic E-state index is 12.0. The molecule has 1 heterocycles. The number of anilines is 1. The van der Waals surface area contributed by atoms with E-state index < -0.39 is 0 Å². The fourth-order valence-electron chi connectivity index (χ4n) is 3.21. The van der Waals surface area contributed by atoms with Crippen molar-refractivity contribution in [1.82, 2.24) is 10.2 Å². The number of likely N-dealkylation sites (tertiary alicyclic amines) is 1. The van der Waals surface area contributed by atoms with Gasteiger partial charge in [0.2, 0.25) is 11.8 Å². The summed E-state index contributed by atoms with van der Waals surface area (Å²) in [5, 5.41) is 5.58. The highest BCUT2D eigenvalue weighted by Crippen LogP contribution is 2.37. The molecule has 2 unspecified atom stereocenters. The molecule has 2 N–H and O–H groups in total. The topological polar surface area (TPSA) is 87.7 Å². The average Bonchev–Trinajstić information content (AvgIpc) is 3.15. The first-order valence-corrected chi connectivity index (χ1v) is 9.61. The minimum Gasteiger partial charge on any atom is -0.484 e. The van der Waals surface area contributed by atoms with Crippen molar-refractivity contribution in [2.24, 2.45) is 11.8 Å². The Balaban J connectivity index is 1.39. The molecule has 1 aromatic carbocycles. The monoisotopic (exact) mass is 373 g/mol. The molecule has 7 nitrogen and oxygen atoms in total. The van der Waals surface area contributed by atoms with Gasteiger partial charge in [0.15, 0.2) is 6.61 Å². The van der Waals surface area contributed by atoms with E-state index in [0.717, 1.165) is 32.4 Å². The lowest BCUT2D eigenvalue weighted by Crippen LogP contribution is -2.32. The van der Waals surface area contributed by atoms with Crippen molar-refractivity contribution in [3.63, 3.8) is 0 Å². The summed E-state index contributed by atoms with van der Waals surface area (Å²) in [7, 11) is 0. The van der Waals surface area contributed by atoms with E-state index in [1.807, 2.05) is 11.8 Å². The highest BCUT2D eigenvalue weighted by Gasteiger charge is 2.38. The lowest BCUT2D eigenvalue weighted by molar-refractivity contribution is -0.132. The van der Waals surface area contributed by atoms with Crippen molar-refractivity contribution in [1.29, 1.82) is 0 Å². The molecular formula is C20H27N3O4. The molecule has 2 fully saturated rings. The van der Waals surface area contributed by atoms with Gasteiger partial charge in [0, 0.05) is 43.7 Å². The van der Waals surface area contributed by atoms with E-state index in [-0.39, 0.29) is 36.7 Å². The Morgan fingerprint density at radius 1 is 1.22 bits per heavy atom. The summed E-state index contributed by atoms with van der Waals surface area (Å²) in [5.41, 5.74) is 0.605. The number of carbonyl (C=O) groups is 3. The molecule has 1 aliphatic carbocycles. The molecule has 146 valence electrons. The van der Waals surface area contributed by atoms with Crippen LogP contribution in [0, 0.1) is 11.8 Å². The van der Waals surface area contributed by atoms with Crippen molar-refractivity contribution in [2.75, 3.05) is 31.6 Å². The standard InChI is InChI=1S/C20H27N3O4/c1-14-11-17(14)20(26)21-8-7-18(24)22-15-5-4-6-16(12-15)27-13-19(25)23-9-2-3-10-23/h4-6,12,14,17H,2-3,7-11,13H2,1H3,(H,21,26)(H,22,24). The van der Waals surface area contributed by atoms with Gasteiger partial charge in [0.25, 0.3) is 5.91 Å². The van der Waals surface area contributed by atoms with E-state index in [1.165, 1.54) is 0 Å². The molecule has 3 amide bonds. The summed E-state index contributed by atoms with van der Waals surface area (Å²) in [6, 6.07) is 6.97. The normalized spacial score (nSPS) is 20.9. The number of hydrogen-bond acceptors (Lipinski definition) is 4. The molecule has 1 aliphatic heterocycles. The Bertz CT molecular complexity index is 700. The van der Waals surface area contributed by atoms with Crippen LogP contribution in [-0.4, -0.2) is 48.9 Å². The van der Waals surface area contributed by atoms with Crippen molar-refractivity contribution in [3.05, 3.63) is 24.3 Å². The Hall–Kier alpha value is -2.57. The first-order valence-electron chi connectivity index (χ1n) is 9.61. The van der Waals surface area contributed by atoms with Gasteiger partial charge in [0.05, 0.1) is 0 Å². The van der Waals surface area contributed by atoms with Gasteiger partial charge in [-0.25, -0.2) is 0 Å². The van der Waals surface area contributed by atoms with Crippen LogP contribution in [0.5, 0.6) is 5.75 Å². The summed E-state index contributed by atoms with van der Waals surface area (Å²) in [6.07, 6.45) is 3.25. The zero-order valence-corrected chi connectivity index (χ0v) is 15.7. The molecule has 1 saturated heterocycles. The third-order valence-corrected chi connectivity index (χ3v) is 5.04. The van der Waals surface area contributed by atoms with Gasteiger partial charge in [-0.3, -0.25) is 14.4 Å². The molecule has 7 heteroatoms. The first kappa shape index (κ1) is 19.2. The quantitative estimate of drug-likeness (QED) is 0.727. The number of nitrogens with one attached hydrogen (secondary N) is 2. The summed E-state index contributed by atoms with van der Waals surface area (Å²) in [4.78, 5) is 37.6. The molecule has 1 saturated carbocycles. The zero-order chi connectivity index (χ0) is 19.2. The molecule has 27 heavy (non-hydrogen) atoms. The second-order valence-corrected chi connectivity index (χ2v) is 7.31. The average molecular weight is 373 g/mol. The number of benzene rings is 1. The van der Waals surface area contributed by atoms with Gasteiger partial charge in [-0.15, -0.1) is 0 Å². The van der Waals surface area contributed by atoms with Gasteiger partial charge in [-0.1, -0.05) is 13.0 Å². The van der Waals surface area contributed by atoms with Crippen molar-refractivity contribution >= 4 is 23.4 Å². The van der Waals surface area contributed by atoms with E-state index >= 15 is 0 Å². The lowest BCUT2D eigenvalue weighted by atomic mass is 10.2. The van der Waals surface area contributed by atoms with E-state index in [9.17, 15) is 14.4 Å². The van der Waals surface area contributed by atoms with E-state index in [4.69, 9.17) is 4.74 Å². The fraction of sp³-hybridized carbons (Fsp3) is 0.550. The van der Waals surface area contributed by atoms with E-state index in [0.29, 0.717) is 23.9 Å². The number of ether oxygens (including phenoxy) is 1. The SMILES string of the molecule is CC1CC1C(=O)NCCC(=O)Nc1cccc(OCC(=O)N2CCCC2)c1. The maximum Gasteiger partial charge on any atom is 0.260 e. The molecule has 0 spiro atoms. The predicted octanol–water partition coefficient (Wildman–Crippen LogP) is 1.79. The van der Waals surface area contributed by atoms with Crippen LogP contribution in [0.2, 0.25) is 0 Å². The lowest BCUT2D eigenvalue weighted by Gasteiger charge is -2.15. The van der Waals surface area contributed by atoms with Crippen LogP contribution >= 0.6 is 0 Å². The molecule has 1 aromatic rings. The van der Waals surface area contributed by atoms with Crippen LogP contribution < -0.4 is 15.4 Å². The van der Waals surface area contributed by atoms with Crippen LogP contribution in [-0.2, 0) is 14.4 Å². The minimum absolute atomic E-state index is 0.00300. The highest BCUT2D eigenvalue weighted by molar-refractivity contribution is 5.91. The molecule has 0 aromatic heterocycles. The Labute approximate surface area is 159 Å². The predicted molar refractivity (Wildman–Crippen MR) is 101 cm³/mol. The highest BCUT2D eigenvalue weighted by atomic mass is 16.5. The number of carbonyl (C=O) groups excluding carboxylic acids is 3. The third kappa shape index (κ3) is 5.70. The van der Waals surface area contributed by atoms with Crippen molar-refractivity contribution < 1.29 is 19.1 Å². The minimum atomic E-state index is -0.176. The number of nitrogens with zero attached hydrogens (tertiary/aromatic N) is 1. The van der Waals surface area contributed by atoms with Crippen molar-refractivity contribution in [3.8, 4) is 5.75 Å². The Morgan fingerprint density at radius 3 is 2.67 bits per heavy atom. The van der Waals surface area contributed by atoms with E-state index in [2.05, 4.69) is 10.6 Å². The number of hydrogen-bond donors (Lipinski definition) is 2. The van der Waals surface area contributed by atoms with E-state index in [1.54, 1.807) is 24.3 Å². The molecule has 0 bridgehead atoms. The fourth-order valence-corrected chi connectivity index (χ4v) is 3.21. The van der Waals surface area contributed by atoms with Crippen LogP contribution in [0.4, 0.5) is 5.69 Å². The second-order valence-electron chi connectivity index (χ2n) is 7.31. The largest absolute Gasteiger partial charge is 0.484 e. The zero-order valence-electron chi connectivity index (χ0n) is 15.7. The van der Waals surface area contributed by atoms with Gasteiger partial charge in [-0.05, 0) is 37.3 Å². The van der Waals surface area contributed by atoms with Gasteiger partial charge in [-0.2, -0.15) is 0 Å².